The Morgan fingerprint density at radius 1 is 0.667 bits per heavy atom. The number of phenols is 1. The van der Waals surface area contributed by atoms with Crippen molar-refractivity contribution in [2.24, 2.45) is 0 Å². The van der Waals surface area contributed by atoms with E-state index in [0.717, 1.165) is 43.0 Å². The van der Waals surface area contributed by atoms with Crippen molar-refractivity contribution in [3.8, 4) is 34.3 Å². The number of aromatic amines is 2. The van der Waals surface area contributed by atoms with Gasteiger partial charge in [-0.2, -0.15) is 26.3 Å². The highest BCUT2D eigenvalue weighted by Crippen LogP contribution is 2.35. The molecule has 0 bridgehead atoms. The first-order valence-electron chi connectivity index (χ1n) is 21.1. The maximum absolute atomic E-state index is 12.8. The average molecular weight is 1230 g/mol. The van der Waals surface area contributed by atoms with Gasteiger partial charge in [0.25, 0.3) is 11.8 Å². The molecule has 376 valence electrons. The molecule has 0 unspecified atom stereocenters. The number of pyridine rings is 2. The normalized spacial score (nSPS) is 12.2. The summed E-state index contributed by atoms with van der Waals surface area (Å²) in [6.45, 7) is 4.68. The SMILES string of the molecule is BrB(Br)Br.C1CCOC1.COc1cccc2[nH]c(-c3cc(NC(=O)c4ccc(C(F)(F)F)nc4C)ccc3Cl)nc12.Cc1nc(C(F)(F)F)ccc1C(=O)Nc1ccc(Cl)c(-c2nc3c(O)cccc3[nH]2)c1. The Bertz CT molecular complexity index is 3220. The van der Waals surface area contributed by atoms with Crippen LogP contribution in [0.5, 0.6) is 11.5 Å². The van der Waals surface area contributed by atoms with Crippen molar-refractivity contribution < 1.29 is 50.5 Å². The lowest BCUT2D eigenvalue weighted by Gasteiger charge is -2.11. The number of fused-ring (bicyclic) bond motifs is 2. The van der Waals surface area contributed by atoms with Crippen molar-refractivity contribution in [2.75, 3.05) is 31.0 Å². The number of phenolic OH excluding ortho intramolecular Hbond substituents is 1. The molecule has 0 aliphatic carbocycles. The van der Waals surface area contributed by atoms with Gasteiger partial charge in [0, 0.05) is 35.7 Å². The van der Waals surface area contributed by atoms with Gasteiger partial charge in [-0.1, -0.05) is 35.3 Å². The Balaban J connectivity index is 0.000000201. The van der Waals surface area contributed by atoms with Crippen LogP contribution >= 0.6 is 70.5 Å². The molecule has 25 heteroatoms. The minimum Gasteiger partial charge on any atom is -0.506 e. The van der Waals surface area contributed by atoms with Gasteiger partial charge in [-0.25, -0.2) is 19.9 Å². The van der Waals surface area contributed by atoms with Crippen LogP contribution in [0.3, 0.4) is 0 Å². The molecule has 1 aliphatic rings. The molecule has 4 aromatic carbocycles. The number of benzene rings is 4. The Kier molecular flexibility index (Phi) is 18.8. The summed E-state index contributed by atoms with van der Waals surface area (Å²) in [4.78, 5) is 47.3. The first-order valence-corrected chi connectivity index (χ1v) is 24.6. The van der Waals surface area contributed by atoms with E-state index < -0.39 is 35.6 Å². The Morgan fingerprint density at radius 3 is 1.49 bits per heavy atom. The van der Waals surface area contributed by atoms with Crippen LogP contribution in [0.1, 0.15) is 56.3 Å². The Labute approximate surface area is 441 Å². The number of H-pyrrole nitrogens is 2. The lowest BCUT2D eigenvalue weighted by molar-refractivity contribution is -0.142. The van der Waals surface area contributed by atoms with Crippen molar-refractivity contribution in [3.63, 3.8) is 0 Å². The fourth-order valence-corrected chi connectivity index (χ4v) is 7.25. The van der Waals surface area contributed by atoms with Crippen molar-refractivity contribution in [1.29, 1.82) is 0 Å². The van der Waals surface area contributed by atoms with Crippen LogP contribution in [0.2, 0.25) is 10.0 Å². The zero-order valence-corrected chi connectivity index (χ0v) is 43.9. The van der Waals surface area contributed by atoms with E-state index in [4.69, 9.17) is 32.7 Å². The highest BCUT2D eigenvalue weighted by atomic mass is 79.9. The minimum atomic E-state index is -4.59. The van der Waals surface area contributed by atoms with E-state index >= 15 is 0 Å². The average Bonchev–Trinajstić information content (AvgIpc) is 4.13. The molecule has 72 heavy (non-hydrogen) atoms. The number of carbonyl (C=O) groups excluding carboxylic acids is 2. The largest absolute Gasteiger partial charge is 0.506 e. The maximum atomic E-state index is 12.8. The lowest BCUT2D eigenvalue weighted by Crippen LogP contribution is -2.16. The number of imidazole rings is 2. The molecule has 5 heterocycles. The molecule has 0 saturated carbocycles. The quantitative estimate of drug-likeness (QED) is 0.0767. The summed E-state index contributed by atoms with van der Waals surface area (Å²) in [5.41, 5.74) is 1.94. The standard InChI is InChI=1S/C22H16ClF3N4O2.C21H14ClF3N4O2.C4H8O.BBr3/c1-11-13(7-9-18(27-11)22(24,25)26)21(31)28-12-6-8-15(23)14(10-12)20-29-16-4-3-5-17(32-2)19(16)30-20;1-10-12(6-8-17(26-10)21(23,24)25)20(31)27-11-5-7-14(22)13(9-11)19-28-15-3-2-4-16(30)18(15)29-19;1-2-4-5-3-1;2-1(3)4/h3-10H,1-2H3,(H,28,31)(H,29,30);2-9,30H,1H3,(H,27,31)(H,28,29);1-4H2;. The van der Waals surface area contributed by atoms with Gasteiger partial charge in [0.2, 0.25) is 0 Å². The number of ether oxygens (including phenoxy) is 2. The number of nitrogens with one attached hydrogen (secondary N) is 4. The molecule has 4 aromatic heterocycles. The second kappa shape index (κ2) is 24.3. The summed E-state index contributed by atoms with van der Waals surface area (Å²) in [6.07, 6.45) is -6.62. The van der Waals surface area contributed by atoms with Gasteiger partial charge in [0.1, 0.15) is 45.6 Å². The van der Waals surface area contributed by atoms with E-state index in [1.165, 1.54) is 32.8 Å². The number of aromatic nitrogens is 6. The van der Waals surface area contributed by atoms with Crippen LogP contribution < -0.4 is 15.4 Å². The zero-order chi connectivity index (χ0) is 52.5. The number of nitrogens with zero attached hydrogens (tertiary/aromatic N) is 4. The molecule has 9 rings (SSSR count). The summed E-state index contributed by atoms with van der Waals surface area (Å²) in [5.74, 6) is 0.238. The zero-order valence-electron chi connectivity index (χ0n) is 37.7. The van der Waals surface area contributed by atoms with Crippen molar-refractivity contribution in [3.05, 3.63) is 141 Å². The van der Waals surface area contributed by atoms with Crippen molar-refractivity contribution >= 4 is 119 Å². The summed E-state index contributed by atoms with van der Waals surface area (Å²) >= 11 is 21.9. The first kappa shape index (κ1) is 55.6. The molecular formula is C47H38BBr3Cl2F6N8O5. The smallest absolute Gasteiger partial charge is 0.433 e. The third-order valence-corrected chi connectivity index (χ3v) is 10.9. The minimum absolute atomic E-state index is 0.00542. The fourth-order valence-electron chi connectivity index (χ4n) is 6.84. The Morgan fingerprint density at radius 2 is 1.10 bits per heavy atom. The highest BCUT2D eigenvalue weighted by Gasteiger charge is 2.34. The molecule has 1 saturated heterocycles. The van der Waals surface area contributed by atoms with Gasteiger partial charge < -0.3 is 35.2 Å². The van der Waals surface area contributed by atoms with Crippen LogP contribution in [-0.4, -0.2) is 70.3 Å². The second-order valence-corrected chi connectivity index (χ2v) is 22.5. The monoisotopic (exact) mass is 1230 g/mol. The third-order valence-electron chi connectivity index (χ3n) is 10.2. The van der Waals surface area contributed by atoms with Crippen molar-refractivity contribution in [2.45, 2.75) is 39.0 Å². The lowest BCUT2D eigenvalue weighted by atomic mass is 10.1. The number of amides is 2. The third kappa shape index (κ3) is 14.5. The van der Waals surface area contributed by atoms with E-state index in [9.17, 15) is 41.0 Å². The predicted octanol–water partition coefficient (Wildman–Crippen LogP) is 14.4. The van der Waals surface area contributed by atoms with Crippen molar-refractivity contribution in [1.82, 2.24) is 29.9 Å². The van der Waals surface area contributed by atoms with Gasteiger partial charge >= 0.3 is 15.5 Å². The van der Waals surface area contributed by atoms with Crippen LogP contribution in [0.25, 0.3) is 44.8 Å². The number of carbonyl (C=O) groups is 2. The number of anilines is 2. The van der Waals surface area contributed by atoms with E-state index in [2.05, 4.69) is 87.8 Å². The summed E-state index contributed by atoms with van der Waals surface area (Å²) in [7, 11) is 1.55. The number of hydrogen-bond donors (Lipinski definition) is 5. The summed E-state index contributed by atoms with van der Waals surface area (Å²) in [5, 5.41) is 16.0. The molecule has 0 atom stereocenters. The fraction of sp³-hybridized carbons (Fsp3) is 0.191. The molecule has 8 aromatic rings. The molecule has 0 radical (unpaired) electrons. The summed E-state index contributed by atoms with van der Waals surface area (Å²) < 4.78 is 87.4. The molecule has 1 fully saturated rings. The molecule has 2 amide bonds. The number of aromatic hydroxyl groups is 1. The number of methoxy groups -OCH3 is 1. The number of rotatable bonds is 7. The first-order chi connectivity index (χ1) is 34.0. The van der Waals surface area contributed by atoms with E-state index in [0.29, 0.717) is 66.5 Å². The van der Waals surface area contributed by atoms with E-state index in [1.54, 1.807) is 61.7 Å². The molecular weight excluding hydrogens is 1190 g/mol. The van der Waals surface area contributed by atoms with Crippen LogP contribution in [0, 0.1) is 13.8 Å². The van der Waals surface area contributed by atoms with Gasteiger partial charge in [0.15, 0.2) is 0 Å². The van der Waals surface area contributed by atoms with Gasteiger partial charge in [0.05, 0.1) is 50.7 Å². The van der Waals surface area contributed by atoms with E-state index in [-0.39, 0.29) is 31.4 Å². The number of halogens is 11. The van der Waals surface area contributed by atoms with Gasteiger partial charge in [-0.05, 0) is 112 Å². The second-order valence-electron chi connectivity index (χ2n) is 15.2. The predicted molar refractivity (Wildman–Crippen MR) is 278 cm³/mol. The molecule has 13 nitrogen and oxygen atoms in total. The number of para-hydroxylation sites is 2. The number of alkyl halides is 6. The summed E-state index contributed by atoms with van der Waals surface area (Å²) in [6, 6.07) is 23.5. The van der Waals surface area contributed by atoms with Crippen LogP contribution in [0.15, 0.2) is 97.1 Å². The van der Waals surface area contributed by atoms with E-state index in [1.807, 2.05) is 12.1 Å². The maximum Gasteiger partial charge on any atom is 0.433 e. The van der Waals surface area contributed by atoms with Gasteiger partial charge in [-0.3, -0.25) is 9.59 Å². The Hall–Kier alpha value is -5.72. The topological polar surface area (TPSA) is 180 Å². The highest BCUT2D eigenvalue weighted by molar-refractivity contribution is 9.69. The van der Waals surface area contributed by atoms with Gasteiger partial charge in [-0.15, -0.1) is 47.3 Å². The number of aryl methyl sites for hydroxylation is 2. The van der Waals surface area contributed by atoms with Crippen LogP contribution in [-0.2, 0) is 17.1 Å². The molecule has 5 N–H and O–H groups in total. The molecule has 0 spiro atoms. The van der Waals surface area contributed by atoms with Crippen LogP contribution in [0.4, 0.5) is 37.7 Å². The molecule has 1 aliphatic heterocycles. The number of hydrogen-bond acceptors (Lipinski definition) is 9.